The maximum Gasteiger partial charge on any atom is 0.330 e. The SMILES string of the molecule is C.C=CC(=O)OCC(O)COc1ccccc1.C=CC(=O)OCCCO. The van der Waals surface area contributed by atoms with Gasteiger partial charge in [0.05, 0.1) is 6.61 Å². The van der Waals surface area contributed by atoms with Crippen molar-refractivity contribution in [3.63, 3.8) is 0 Å². The summed E-state index contributed by atoms with van der Waals surface area (Å²) in [5.41, 5.74) is 0. The topological polar surface area (TPSA) is 102 Å². The minimum Gasteiger partial charge on any atom is -0.491 e. The summed E-state index contributed by atoms with van der Waals surface area (Å²) in [5.74, 6) is -0.334. The first-order valence-corrected chi connectivity index (χ1v) is 7.58. The second-order valence-electron chi connectivity index (χ2n) is 4.56. The molecule has 1 unspecified atom stereocenters. The molecular formula is C19H28O7. The van der Waals surface area contributed by atoms with Crippen LogP contribution in [-0.4, -0.2) is 54.7 Å². The fraction of sp³-hybridized carbons (Fsp3) is 0.368. The van der Waals surface area contributed by atoms with Gasteiger partial charge in [0.25, 0.3) is 0 Å². The first kappa shape index (κ1) is 25.6. The van der Waals surface area contributed by atoms with Crippen molar-refractivity contribution in [1.29, 1.82) is 0 Å². The third-order valence-corrected chi connectivity index (χ3v) is 2.48. The molecule has 0 aromatic heterocycles. The third-order valence-electron chi connectivity index (χ3n) is 2.48. The highest BCUT2D eigenvalue weighted by Gasteiger charge is 2.07. The number of hydrogen-bond acceptors (Lipinski definition) is 7. The van der Waals surface area contributed by atoms with Crippen molar-refractivity contribution >= 4 is 11.9 Å². The average Bonchev–Trinajstić information content (AvgIpc) is 2.65. The highest BCUT2D eigenvalue weighted by molar-refractivity contribution is 5.81. The number of benzene rings is 1. The van der Waals surface area contributed by atoms with Crippen molar-refractivity contribution in [2.24, 2.45) is 0 Å². The Balaban J connectivity index is 0. The molecule has 0 saturated carbocycles. The van der Waals surface area contributed by atoms with Crippen LogP contribution in [0.5, 0.6) is 5.75 Å². The maximum atomic E-state index is 10.7. The normalized spacial score (nSPS) is 10.1. The molecule has 7 nitrogen and oxygen atoms in total. The zero-order chi connectivity index (χ0) is 18.9. The minimum absolute atomic E-state index is 0. The van der Waals surface area contributed by atoms with E-state index >= 15 is 0 Å². The van der Waals surface area contributed by atoms with Gasteiger partial charge < -0.3 is 24.4 Å². The van der Waals surface area contributed by atoms with Crippen LogP contribution in [-0.2, 0) is 19.1 Å². The van der Waals surface area contributed by atoms with E-state index in [1.54, 1.807) is 12.1 Å². The molecule has 0 spiro atoms. The van der Waals surface area contributed by atoms with Crippen LogP contribution in [0.25, 0.3) is 0 Å². The molecule has 146 valence electrons. The Labute approximate surface area is 154 Å². The smallest absolute Gasteiger partial charge is 0.330 e. The van der Waals surface area contributed by atoms with Crippen molar-refractivity contribution in [1.82, 2.24) is 0 Å². The fourth-order valence-electron chi connectivity index (χ4n) is 1.29. The zero-order valence-corrected chi connectivity index (χ0v) is 14.0. The van der Waals surface area contributed by atoms with Crippen molar-refractivity contribution in [2.45, 2.75) is 20.0 Å². The highest BCUT2D eigenvalue weighted by Crippen LogP contribution is 2.08. The predicted octanol–water partition coefficient (Wildman–Crippen LogP) is 1.89. The second-order valence-corrected chi connectivity index (χ2v) is 4.56. The van der Waals surface area contributed by atoms with E-state index in [1.165, 1.54) is 0 Å². The quantitative estimate of drug-likeness (QED) is 0.369. The molecule has 0 fully saturated rings. The van der Waals surface area contributed by atoms with Gasteiger partial charge in [-0.1, -0.05) is 38.8 Å². The van der Waals surface area contributed by atoms with Crippen LogP contribution in [0.2, 0.25) is 0 Å². The van der Waals surface area contributed by atoms with Gasteiger partial charge in [-0.15, -0.1) is 0 Å². The summed E-state index contributed by atoms with van der Waals surface area (Å²) in [6.45, 7) is 6.74. The number of esters is 2. The fourth-order valence-corrected chi connectivity index (χ4v) is 1.29. The number of carbonyl (C=O) groups is 2. The van der Waals surface area contributed by atoms with E-state index in [9.17, 15) is 14.7 Å². The summed E-state index contributed by atoms with van der Waals surface area (Å²) in [4.78, 5) is 21.0. The van der Waals surface area contributed by atoms with Crippen molar-refractivity contribution in [3.05, 3.63) is 55.6 Å². The standard InChI is InChI=1S/C12H14O4.C6H10O3.CH4/c1-2-12(14)16-9-10(13)8-15-11-6-4-3-5-7-11;1-2-6(8)9-5-3-4-7;/h2-7,10,13H,1,8-9H2;2,7H,1,3-5H2;1H4. The molecule has 1 aromatic rings. The Morgan fingerprint density at radius 3 is 2.15 bits per heavy atom. The number of aliphatic hydroxyl groups is 2. The van der Waals surface area contributed by atoms with Crippen LogP contribution in [0, 0.1) is 0 Å². The molecule has 1 aromatic carbocycles. The summed E-state index contributed by atoms with van der Waals surface area (Å²) in [6.07, 6.45) is 1.78. The Morgan fingerprint density at radius 2 is 1.62 bits per heavy atom. The van der Waals surface area contributed by atoms with E-state index in [-0.39, 0.29) is 33.9 Å². The van der Waals surface area contributed by atoms with Gasteiger partial charge in [-0.2, -0.15) is 0 Å². The minimum atomic E-state index is -0.843. The lowest BCUT2D eigenvalue weighted by molar-refractivity contribution is -0.141. The third kappa shape index (κ3) is 14.9. The van der Waals surface area contributed by atoms with Gasteiger partial charge >= 0.3 is 11.9 Å². The second kappa shape index (κ2) is 17.2. The molecule has 0 saturated heterocycles. The lowest BCUT2D eigenvalue weighted by atomic mass is 10.3. The van der Waals surface area contributed by atoms with Crippen molar-refractivity contribution in [3.8, 4) is 5.75 Å². The van der Waals surface area contributed by atoms with E-state index in [4.69, 9.17) is 9.84 Å². The van der Waals surface area contributed by atoms with E-state index in [1.807, 2.05) is 18.2 Å². The lowest BCUT2D eigenvalue weighted by Crippen LogP contribution is -2.24. The summed E-state index contributed by atoms with van der Waals surface area (Å²) < 4.78 is 14.4. The zero-order valence-electron chi connectivity index (χ0n) is 14.0. The monoisotopic (exact) mass is 368 g/mol. The van der Waals surface area contributed by atoms with Gasteiger partial charge in [-0.3, -0.25) is 0 Å². The molecule has 0 amide bonds. The van der Waals surface area contributed by atoms with E-state index in [2.05, 4.69) is 22.6 Å². The van der Waals surface area contributed by atoms with Gasteiger partial charge in [0, 0.05) is 25.2 Å². The molecule has 0 bridgehead atoms. The van der Waals surface area contributed by atoms with Crippen LogP contribution >= 0.6 is 0 Å². The Morgan fingerprint density at radius 1 is 1.04 bits per heavy atom. The lowest BCUT2D eigenvalue weighted by Gasteiger charge is -2.11. The molecule has 0 radical (unpaired) electrons. The van der Waals surface area contributed by atoms with Crippen LogP contribution in [0.4, 0.5) is 0 Å². The molecule has 0 aliphatic carbocycles. The molecule has 1 atom stereocenters. The molecule has 0 aliphatic heterocycles. The Kier molecular flexibility index (Phi) is 16.9. The number of hydrogen-bond donors (Lipinski definition) is 2. The van der Waals surface area contributed by atoms with Gasteiger partial charge in [0.15, 0.2) is 0 Å². The maximum absolute atomic E-state index is 10.7. The first-order chi connectivity index (χ1) is 12.0. The van der Waals surface area contributed by atoms with E-state index in [0.717, 1.165) is 12.2 Å². The van der Waals surface area contributed by atoms with Crippen LogP contribution < -0.4 is 4.74 Å². The van der Waals surface area contributed by atoms with Crippen molar-refractivity contribution < 1.29 is 34.0 Å². The van der Waals surface area contributed by atoms with Gasteiger partial charge in [-0.25, -0.2) is 9.59 Å². The number of ether oxygens (including phenoxy) is 3. The first-order valence-electron chi connectivity index (χ1n) is 7.58. The van der Waals surface area contributed by atoms with Crippen LogP contribution in [0.3, 0.4) is 0 Å². The summed E-state index contributed by atoms with van der Waals surface area (Å²) in [6, 6.07) is 9.10. The van der Waals surface area contributed by atoms with Crippen molar-refractivity contribution in [2.75, 3.05) is 26.4 Å². The van der Waals surface area contributed by atoms with Gasteiger partial charge in [0.1, 0.15) is 25.1 Å². The van der Waals surface area contributed by atoms with Gasteiger partial charge in [0.2, 0.25) is 0 Å². The Bertz CT molecular complexity index is 514. The Hall–Kier alpha value is -2.64. The molecular weight excluding hydrogens is 340 g/mol. The molecule has 0 heterocycles. The number of aliphatic hydroxyl groups excluding tert-OH is 2. The van der Waals surface area contributed by atoms with Crippen LogP contribution in [0.15, 0.2) is 55.6 Å². The van der Waals surface area contributed by atoms with E-state index in [0.29, 0.717) is 12.2 Å². The number of carbonyl (C=O) groups excluding carboxylic acids is 2. The highest BCUT2D eigenvalue weighted by atomic mass is 16.5. The number of rotatable bonds is 10. The van der Waals surface area contributed by atoms with Crippen LogP contribution in [0.1, 0.15) is 13.8 Å². The molecule has 26 heavy (non-hydrogen) atoms. The predicted molar refractivity (Wildman–Crippen MR) is 98.7 cm³/mol. The summed E-state index contributed by atoms with van der Waals surface area (Å²) >= 11 is 0. The molecule has 7 heteroatoms. The largest absolute Gasteiger partial charge is 0.491 e. The number of para-hydroxylation sites is 1. The molecule has 1 rings (SSSR count). The van der Waals surface area contributed by atoms with Gasteiger partial charge in [-0.05, 0) is 12.1 Å². The summed E-state index contributed by atoms with van der Waals surface area (Å²) in [5, 5.41) is 17.7. The molecule has 0 aliphatic rings. The average molecular weight is 368 g/mol. The van der Waals surface area contributed by atoms with E-state index < -0.39 is 18.0 Å². The summed E-state index contributed by atoms with van der Waals surface area (Å²) in [7, 11) is 0. The molecule has 2 N–H and O–H groups in total.